The van der Waals surface area contributed by atoms with Gasteiger partial charge in [0.2, 0.25) is 10.0 Å². The first-order valence-corrected chi connectivity index (χ1v) is 11.0. The monoisotopic (exact) mass is 422 g/mol. The number of rotatable bonds is 6. The maximum Gasteiger partial charge on any atom is 0.263 e. The number of benzene rings is 2. The fourth-order valence-corrected chi connectivity index (χ4v) is 4.65. The van der Waals surface area contributed by atoms with E-state index in [-0.39, 0.29) is 23.9 Å². The molecule has 28 heavy (non-hydrogen) atoms. The highest BCUT2D eigenvalue weighted by Crippen LogP contribution is 2.20. The van der Waals surface area contributed by atoms with Crippen molar-refractivity contribution in [2.75, 3.05) is 26.2 Å². The molecular weight excluding hydrogens is 400 g/mol. The van der Waals surface area contributed by atoms with Crippen LogP contribution in [-0.4, -0.2) is 55.8 Å². The van der Waals surface area contributed by atoms with Gasteiger partial charge in [0.15, 0.2) is 6.10 Å². The second-order valence-corrected chi connectivity index (χ2v) is 8.89. The fourth-order valence-electron chi connectivity index (χ4n) is 3.08. The number of hydrogen-bond donors (Lipinski definition) is 0. The molecule has 1 heterocycles. The number of piperazine rings is 1. The molecule has 0 aromatic heterocycles. The zero-order valence-corrected chi connectivity index (χ0v) is 17.2. The van der Waals surface area contributed by atoms with Crippen LogP contribution in [0.4, 0.5) is 0 Å². The molecule has 1 aliphatic heterocycles. The van der Waals surface area contributed by atoms with Crippen LogP contribution < -0.4 is 4.74 Å². The average Bonchev–Trinajstić information content (AvgIpc) is 2.73. The Labute approximate surface area is 170 Å². The molecule has 0 spiro atoms. The van der Waals surface area contributed by atoms with Crippen molar-refractivity contribution in [1.29, 1.82) is 0 Å². The zero-order valence-electron chi connectivity index (χ0n) is 15.6. The molecule has 1 fully saturated rings. The van der Waals surface area contributed by atoms with E-state index < -0.39 is 16.1 Å². The molecule has 8 heteroatoms. The molecule has 0 saturated carbocycles. The van der Waals surface area contributed by atoms with Gasteiger partial charge in [0.05, 0.1) is 4.90 Å². The van der Waals surface area contributed by atoms with Gasteiger partial charge in [0.25, 0.3) is 5.91 Å². The number of nitrogens with zero attached hydrogens (tertiary/aromatic N) is 2. The lowest BCUT2D eigenvalue weighted by molar-refractivity contribution is -0.140. The van der Waals surface area contributed by atoms with Crippen LogP contribution in [0.25, 0.3) is 0 Å². The molecule has 1 saturated heterocycles. The number of sulfonamides is 1. The summed E-state index contributed by atoms with van der Waals surface area (Å²) in [5.74, 6) is 0.448. The fraction of sp³-hybridized carbons (Fsp3) is 0.350. The van der Waals surface area contributed by atoms with Crippen molar-refractivity contribution in [2.45, 2.75) is 24.3 Å². The van der Waals surface area contributed by atoms with E-state index in [0.717, 1.165) is 0 Å². The molecule has 0 bridgehead atoms. The summed E-state index contributed by atoms with van der Waals surface area (Å²) in [7, 11) is -3.54. The first-order chi connectivity index (χ1) is 13.4. The quantitative estimate of drug-likeness (QED) is 0.717. The number of halogens is 1. The molecule has 0 radical (unpaired) electrons. The first-order valence-electron chi connectivity index (χ1n) is 9.18. The van der Waals surface area contributed by atoms with Crippen molar-refractivity contribution >= 4 is 27.5 Å². The Kier molecular flexibility index (Phi) is 6.59. The lowest BCUT2D eigenvalue weighted by Gasteiger charge is -2.35. The molecule has 3 rings (SSSR count). The summed E-state index contributed by atoms with van der Waals surface area (Å²) >= 11 is 5.88. The summed E-state index contributed by atoms with van der Waals surface area (Å²) in [5.41, 5.74) is 0. The van der Waals surface area contributed by atoms with E-state index in [0.29, 0.717) is 30.3 Å². The first kappa shape index (κ1) is 20.6. The molecule has 0 N–H and O–H groups in total. The summed E-state index contributed by atoms with van der Waals surface area (Å²) in [6, 6.07) is 15.2. The van der Waals surface area contributed by atoms with E-state index in [2.05, 4.69) is 0 Å². The third-order valence-electron chi connectivity index (χ3n) is 4.67. The van der Waals surface area contributed by atoms with Crippen LogP contribution in [0.5, 0.6) is 5.75 Å². The van der Waals surface area contributed by atoms with Crippen LogP contribution in [0.1, 0.15) is 13.3 Å². The van der Waals surface area contributed by atoms with Crippen molar-refractivity contribution in [3.05, 3.63) is 59.6 Å². The average molecular weight is 423 g/mol. The molecule has 150 valence electrons. The summed E-state index contributed by atoms with van der Waals surface area (Å²) in [5, 5.41) is 0.600. The molecule has 2 aromatic carbocycles. The molecule has 0 aliphatic carbocycles. The van der Waals surface area contributed by atoms with Crippen molar-refractivity contribution < 1.29 is 17.9 Å². The third-order valence-corrected chi connectivity index (χ3v) is 6.83. The zero-order chi connectivity index (χ0) is 20.1. The third kappa shape index (κ3) is 4.66. The van der Waals surface area contributed by atoms with Gasteiger partial charge in [0.1, 0.15) is 5.75 Å². The van der Waals surface area contributed by atoms with Gasteiger partial charge in [-0.25, -0.2) is 8.42 Å². The molecule has 1 amide bonds. The minimum Gasteiger partial charge on any atom is -0.481 e. The van der Waals surface area contributed by atoms with Crippen LogP contribution in [0.3, 0.4) is 0 Å². The molecule has 1 aliphatic rings. The van der Waals surface area contributed by atoms with Gasteiger partial charge in [-0.05, 0) is 42.8 Å². The van der Waals surface area contributed by atoms with Gasteiger partial charge in [0, 0.05) is 31.2 Å². The predicted molar refractivity (Wildman–Crippen MR) is 108 cm³/mol. The molecule has 1 atom stereocenters. The van der Waals surface area contributed by atoms with Crippen LogP contribution in [0.15, 0.2) is 59.5 Å². The molecule has 2 aromatic rings. The Balaban J connectivity index is 1.61. The summed E-state index contributed by atoms with van der Waals surface area (Å²) in [6.07, 6.45) is -0.0947. The number of hydrogen-bond acceptors (Lipinski definition) is 4. The highest BCUT2D eigenvalue weighted by Gasteiger charge is 2.32. The minimum atomic E-state index is -3.54. The Morgan fingerprint density at radius 1 is 1.04 bits per heavy atom. The second kappa shape index (κ2) is 8.94. The lowest BCUT2D eigenvalue weighted by atomic mass is 10.2. The highest BCUT2D eigenvalue weighted by atomic mass is 35.5. The van der Waals surface area contributed by atoms with Gasteiger partial charge in [-0.2, -0.15) is 4.31 Å². The van der Waals surface area contributed by atoms with Crippen LogP contribution in [-0.2, 0) is 14.8 Å². The summed E-state index contributed by atoms with van der Waals surface area (Å²) in [4.78, 5) is 14.8. The van der Waals surface area contributed by atoms with E-state index >= 15 is 0 Å². The number of carbonyl (C=O) groups excluding carboxylic acids is 1. The molecular formula is C20H23ClN2O4S. The largest absolute Gasteiger partial charge is 0.481 e. The second-order valence-electron chi connectivity index (χ2n) is 6.51. The SMILES string of the molecule is CC[C@@H](Oc1ccc(Cl)cc1)C(=O)N1CCN(S(=O)(=O)c2ccccc2)CC1. The number of carbonyl (C=O) groups is 1. The van der Waals surface area contributed by atoms with Gasteiger partial charge in [-0.1, -0.05) is 36.7 Å². The molecule has 6 nitrogen and oxygen atoms in total. The topological polar surface area (TPSA) is 66.9 Å². The summed E-state index contributed by atoms with van der Waals surface area (Å²) < 4.78 is 32.7. The Bertz CT molecular complexity index is 896. The highest BCUT2D eigenvalue weighted by molar-refractivity contribution is 7.89. The molecule has 0 unspecified atom stereocenters. The number of ether oxygens (including phenoxy) is 1. The Morgan fingerprint density at radius 2 is 1.64 bits per heavy atom. The van der Waals surface area contributed by atoms with Gasteiger partial charge in [-0.3, -0.25) is 4.79 Å². The maximum absolute atomic E-state index is 12.8. The van der Waals surface area contributed by atoms with Crippen LogP contribution in [0, 0.1) is 0 Å². The van der Waals surface area contributed by atoms with E-state index in [1.54, 1.807) is 59.5 Å². The van der Waals surface area contributed by atoms with E-state index in [1.807, 2.05) is 6.92 Å². The van der Waals surface area contributed by atoms with Crippen molar-refractivity contribution in [2.24, 2.45) is 0 Å². The summed E-state index contributed by atoms with van der Waals surface area (Å²) in [6.45, 7) is 3.09. The smallest absolute Gasteiger partial charge is 0.263 e. The van der Waals surface area contributed by atoms with Crippen LogP contribution in [0.2, 0.25) is 5.02 Å². The maximum atomic E-state index is 12.8. The Morgan fingerprint density at radius 3 is 2.21 bits per heavy atom. The lowest BCUT2D eigenvalue weighted by Crippen LogP contribution is -2.53. The number of amides is 1. The normalized spacial score (nSPS) is 16.6. The van der Waals surface area contributed by atoms with E-state index in [4.69, 9.17) is 16.3 Å². The van der Waals surface area contributed by atoms with Gasteiger partial charge in [-0.15, -0.1) is 0 Å². The standard InChI is InChI=1S/C20H23ClN2O4S/c1-2-19(27-17-10-8-16(21)9-11-17)20(24)22-12-14-23(15-13-22)28(25,26)18-6-4-3-5-7-18/h3-11,19H,2,12-15H2,1H3/t19-/m1/s1. The van der Waals surface area contributed by atoms with Crippen LogP contribution >= 0.6 is 11.6 Å². The van der Waals surface area contributed by atoms with Crippen molar-refractivity contribution in [3.8, 4) is 5.75 Å². The van der Waals surface area contributed by atoms with E-state index in [9.17, 15) is 13.2 Å². The van der Waals surface area contributed by atoms with Crippen molar-refractivity contribution in [3.63, 3.8) is 0 Å². The Hall–Kier alpha value is -2.09. The van der Waals surface area contributed by atoms with Crippen molar-refractivity contribution in [1.82, 2.24) is 9.21 Å². The van der Waals surface area contributed by atoms with Gasteiger partial charge < -0.3 is 9.64 Å². The van der Waals surface area contributed by atoms with E-state index in [1.165, 1.54) is 4.31 Å². The predicted octanol–water partition coefficient (Wildman–Crippen LogP) is 3.03. The minimum absolute atomic E-state index is 0.130. The van der Waals surface area contributed by atoms with Gasteiger partial charge >= 0.3 is 0 Å².